The van der Waals surface area contributed by atoms with Crippen molar-refractivity contribution in [1.82, 2.24) is 0 Å². The number of phenolic OH excluding ortho intramolecular Hbond substituents is 1. The quantitative estimate of drug-likeness (QED) is 0.290. The van der Waals surface area contributed by atoms with E-state index in [0.717, 1.165) is 12.0 Å². The largest absolute Gasteiger partial charge is 0.508 e. The summed E-state index contributed by atoms with van der Waals surface area (Å²) in [6, 6.07) is 7.67. The molecule has 0 aliphatic heterocycles. The number of hydrogen-bond donors (Lipinski definition) is 4. The number of nitrogens with two attached hydrogens (primary N) is 1. The van der Waals surface area contributed by atoms with E-state index >= 15 is 0 Å². The second-order valence-electron chi connectivity index (χ2n) is 5.40. The van der Waals surface area contributed by atoms with Gasteiger partial charge in [0.25, 0.3) is 0 Å². The number of aromatic hydroxyl groups is 1. The highest BCUT2D eigenvalue weighted by Gasteiger charge is 1.98. The van der Waals surface area contributed by atoms with Gasteiger partial charge >= 0.3 is 10.4 Å². The highest BCUT2D eigenvalue weighted by atomic mass is 32.3. The Morgan fingerprint density at radius 1 is 0.960 bits per heavy atom. The predicted molar refractivity (Wildman–Crippen MR) is 99.8 cm³/mol. The van der Waals surface area contributed by atoms with Crippen molar-refractivity contribution in [1.29, 1.82) is 0 Å². The molecule has 1 aromatic rings. The minimum absolute atomic E-state index is 0.452. The van der Waals surface area contributed by atoms with E-state index in [0.29, 0.717) is 12.4 Å². The fraction of sp³-hybridized carbons (Fsp3) is 0.647. The monoisotopic (exact) mass is 379 g/mol. The van der Waals surface area contributed by atoms with E-state index in [9.17, 15) is 5.11 Å². The van der Waals surface area contributed by atoms with Crippen LogP contribution in [0.25, 0.3) is 0 Å². The zero-order chi connectivity index (χ0) is 19.6. The summed E-state index contributed by atoms with van der Waals surface area (Å²) in [4.78, 5) is 4.04. The van der Waals surface area contributed by atoms with E-state index in [-0.39, 0.29) is 0 Å². The van der Waals surface area contributed by atoms with Crippen LogP contribution in [0.2, 0.25) is 0 Å². The van der Waals surface area contributed by atoms with Gasteiger partial charge in [0, 0.05) is 0 Å². The first-order valence-electron chi connectivity index (χ1n) is 8.54. The van der Waals surface area contributed by atoms with E-state index in [1.807, 2.05) is 25.1 Å². The zero-order valence-corrected chi connectivity index (χ0v) is 16.0. The Labute approximate surface area is 151 Å². The van der Waals surface area contributed by atoms with Crippen LogP contribution in [0.5, 0.6) is 5.75 Å². The Balaban J connectivity index is 0. The number of hydrogen-bond acceptors (Lipinski definition) is 5. The molecule has 7 nitrogen and oxygen atoms in total. The van der Waals surface area contributed by atoms with E-state index in [1.165, 1.54) is 44.9 Å². The summed E-state index contributed by atoms with van der Waals surface area (Å²) in [5.74, 6) is 4.98. The number of para-hydroxylation sites is 1. The maximum absolute atomic E-state index is 9.58. The lowest BCUT2D eigenvalue weighted by atomic mass is 10.0. The van der Waals surface area contributed by atoms with Crippen LogP contribution in [-0.2, 0) is 21.7 Å². The third-order valence-electron chi connectivity index (χ3n) is 3.21. The van der Waals surface area contributed by atoms with E-state index in [1.54, 1.807) is 6.07 Å². The van der Waals surface area contributed by atoms with Gasteiger partial charge in [0.1, 0.15) is 5.75 Å². The summed E-state index contributed by atoms with van der Waals surface area (Å²) in [7, 11) is -4.67. The number of aryl methyl sites for hydroxylation is 1. The lowest BCUT2D eigenvalue weighted by Crippen LogP contribution is -1.94. The standard InChI is InChI=1S/C15H24O.C2H7NO.H2O4S/c1-2-3-4-5-6-7-8-11-14-12-9-10-13-15(14)16;1-2-4-3;1-5(2,3)4/h9-10,12-13,16H,2-8,11H2,1H3;2-3H2,1H3;(H2,1,2,3,4). The molecule has 0 atom stereocenters. The number of unbranched alkanes of at least 4 members (excludes halogenated alkanes) is 6. The van der Waals surface area contributed by atoms with Crippen LogP contribution in [0.15, 0.2) is 24.3 Å². The van der Waals surface area contributed by atoms with E-state index in [4.69, 9.17) is 17.5 Å². The molecule has 0 spiro atoms. The first kappa shape index (κ1) is 26.0. The minimum atomic E-state index is -4.67. The Kier molecular flexibility index (Phi) is 18.4. The summed E-state index contributed by atoms with van der Waals surface area (Å²) in [6.45, 7) is 4.68. The van der Waals surface area contributed by atoms with Crippen molar-refractivity contribution in [3.63, 3.8) is 0 Å². The molecule has 1 rings (SSSR count). The molecular formula is C17H33NO6S. The van der Waals surface area contributed by atoms with Crippen LogP contribution in [0.4, 0.5) is 0 Å². The summed E-state index contributed by atoms with van der Waals surface area (Å²) in [6.07, 6.45) is 10.3. The van der Waals surface area contributed by atoms with Gasteiger partial charge in [-0.2, -0.15) is 8.42 Å². The Hall–Kier alpha value is -1.19. The SMILES string of the molecule is CCCCCCCCCc1ccccc1O.CCON.O=S(=O)(O)O. The average Bonchev–Trinajstić information content (AvgIpc) is 2.54. The van der Waals surface area contributed by atoms with Crippen LogP contribution in [0.3, 0.4) is 0 Å². The molecule has 0 aliphatic rings. The van der Waals surface area contributed by atoms with Crippen LogP contribution in [-0.4, -0.2) is 29.2 Å². The molecule has 0 bridgehead atoms. The maximum Gasteiger partial charge on any atom is 0.394 e. The zero-order valence-electron chi connectivity index (χ0n) is 15.2. The minimum Gasteiger partial charge on any atom is -0.508 e. The molecule has 1 aromatic carbocycles. The lowest BCUT2D eigenvalue weighted by molar-refractivity contribution is 0.152. The molecule has 0 aliphatic carbocycles. The van der Waals surface area contributed by atoms with Gasteiger partial charge in [-0.25, -0.2) is 5.90 Å². The van der Waals surface area contributed by atoms with Gasteiger partial charge in [-0.1, -0.05) is 63.6 Å². The van der Waals surface area contributed by atoms with Crippen molar-refractivity contribution in [2.45, 2.75) is 65.2 Å². The second-order valence-corrected chi connectivity index (χ2v) is 6.30. The molecule has 0 radical (unpaired) electrons. The molecule has 8 heteroatoms. The van der Waals surface area contributed by atoms with Crippen molar-refractivity contribution >= 4 is 10.4 Å². The van der Waals surface area contributed by atoms with Crippen LogP contribution in [0, 0.1) is 0 Å². The van der Waals surface area contributed by atoms with Gasteiger partial charge in [0.2, 0.25) is 0 Å². The molecular weight excluding hydrogens is 346 g/mol. The predicted octanol–water partition coefficient (Wildman–Crippen LogP) is 3.93. The van der Waals surface area contributed by atoms with Gasteiger partial charge < -0.3 is 9.94 Å². The number of benzene rings is 1. The van der Waals surface area contributed by atoms with Gasteiger partial charge in [-0.3, -0.25) is 9.11 Å². The highest BCUT2D eigenvalue weighted by molar-refractivity contribution is 7.79. The Bertz CT molecular complexity index is 498. The van der Waals surface area contributed by atoms with Gasteiger partial charge in [0.15, 0.2) is 0 Å². The molecule has 0 unspecified atom stereocenters. The first-order chi connectivity index (χ1) is 11.8. The van der Waals surface area contributed by atoms with Crippen molar-refractivity contribution in [2.75, 3.05) is 6.61 Å². The fourth-order valence-corrected chi connectivity index (χ4v) is 1.99. The van der Waals surface area contributed by atoms with Crippen molar-refractivity contribution in [3.05, 3.63) is 29.8 Å². The van der Waals surface area contributed by atoms with E-state index < -0.39 is 10.4 Å². The summed E-state index contributed by atoms with van der Waals surface area (Å²) < 4.78 is 31.6. The molecule has 25 heavy (non-hydrogen) atoms. The third-order valence-corrected chi connectivity index (χ3v) is 3.21. The molecule has 0 amide bonds. The van der Waals surface area contributed by atoms with Crippen molar-refractivity contribution < 1.29 is 27.5 Å². The smallest absolute Gasteiger partial charge is 0.394 e. The first-order valence-corrected chi connectivity index (χ1v) is 9.94. The molecule has 0 fully saturated rings. The topological polar surface area (TPSA) is 130 Å². The molecule has 0 heterocycles. The Morgan fingerprint density at radius 2 is 1.40 bits per heavy atom. The summed E-state index contributed by atoms with van der Waals surface area (Å²) >= 11 is 0. The summed E-state index contributed by atoms with van der Waals surface area (Å²) in [5, 5.41) is 9.58. The molecule has 0 aromatic heterocycles. The second kappa shape index (κ2) is 17.6. The fourth-order valence-electron chi connectivity index (χ4n) is 1.99. The van der Waals surface area contributed by atoms with Crippen molar-refractivity contribution in [3.8, 4) is 5.75 Å². The third kappa shape index (κ3) is 25.2. The van der Waals surface area contributed by atoms with Gasteiger partial charge in [0.05, 0.1) is 6.61 Å². The number of rotatable bonds is 9. The summed E-state index contributed by atoms with van der Waals surface area (Å²) in [5.41, 5.74) is 1.09. The molecule has 0 saturated carbocycles. The van der Waals surface area contributed by atoms with Crippen LogP contribution >= 0.6 is 0 Å². The highest BCUT2D eigenvalue weighted by Crippen LogP contribution is 2.18. The van der Waals surface area contributed by atoms with E-state index in [2.05, 4.69) is 17.7 Å². The maximum atomic E-state index is 9.58. The number of phenols is 1. The lowest BCUT2D eigenvalue weighted by Gasteiger charge is -2.04. The normalized spacial score (nSPS) is 10.3. The van der Waals surface area contributed by atoms with Crippen LogP contribution < -0.4 is 5.90 Å². The Morgan fingerprint density at radius 3 is 1.84 bits per heavy atom. The molecule has 5 N–H and O–H groups in total. The average molecular weight is 380 g/mol. The van der Waals surface area contributed by atoms with Crippen molar-refractivity contribution in [2.24, 2.45) is 5.90 Å². The molecule has 0 saturated heterocycles. The van der Waals surface area contributed by atoms with Gasteiger partial charge in [-0.05, 0) is 31.4 Å². The molecule has 148 valence electrons. The van der Waals surface area contributed by atoms with Gasteiger partial charge in [-0.15, -0.1) is 0 Å². The van der Waals surface area contributed by atoms with Crippen LogP contribution in [0.1, 0.15) is 64.4 Å².